The number of ether oxygens (including phenoxy) is 1. The first-order valence-corrected chi connectivity index (χ1v) is 7.64. The molecule has 0 bridgehead atoms. The molecule has 3 rings (SSSR count). The van der Waals surface area contributed by atoms with E-state index in [1.54, 1.807) is 10.6 Å². The maximum atomic E-state index is 6.30. The number of benzene rings is 1. The molecule has 0 atom stereocenters. The molecular formula is C13H9BrCl2N4O. The molecule has 2 heterocycles. The van der Waals surface area contributed by atoms with E-state index in [1.807, 2.05) is 12.1 Å². The third-order valence-electron chi connectivity index (χ3n) is 2.94. The largest absolute Gasteiger partial charge is 0.479 e. The van der Waals surface area contributed by atoms with E-state index in [0.29, 0.717) is 27.9 Å². The normalized spacial score (nSPS) is 11.0. The number of hydrogen-bond donors (Lipinski definition) is 0. The second-order valence-electron chi connectivity index (χ2n) is 4.15. The highest BCUT2D eigenvalue weighted by atomic mass is 79.9. The van der Waals surface area contributed by atoms with Crippen molar-refractivity contribution in [3.8, 4) is 11.6 Å². The van der Waals surface area contributed by atoms with Gasteiger partial charge in [0, 0.05) is 4.47 Å². The Bertz CT molecular complexity index is 821. The van der Waals surface area contributed by atoms with Crippen molar-refractivity contribution in [3.63, 3.8) is 0 Å². The molecule has 5 nitrogen and oxygen atoms in total. The monoisotopic (exact) mass is 386 g/mol. The summed E-state index contributed by atoms with van der Waals surface area (Å²) >= 11 is 15.8. The van der Waals surface area contributed by atoms with Gasteiger partial charge >= 0.3 is 0 Å². The van der Waals surface area contributed by atoms with E-state index in [1.165, 1.54) is 13.4 Å². The molecule has 0 aliphatic rings. The molecule has 2 aromatic heterocycles. The number of methoxy groups -OCH3 is 1. The van der Waals surface area contributed by atoms with Crippen LogP contribution in [0.4, 0.5) is 0 Å². The summed E-state index contributed by atoms with van der Waals surface area (Å²) in [5, 5.41) is 0.571. The molecule has 3 aromatic rings. The van der Waals surface area contributed by atoms with Crippen LogP contribution in [0.3, 0.4) is 0 Å². The van der Waals surface area contributed by atoms with Crippen LogP contribution in [0.1, 0.15) is 5.82 Å². The first kappa shape index (κ1) is 14.6. The van der Waals surface area contributed by atoms with E-state index in [4.69, 9.17) is 27.9 Å². The summed E-state index contributed by atoms with van der Waals surface area (Å²) in [5.41, 5.74) is 1.88. The van der Waals surface area contributed by atoms with Crippen molar-refractivity contribution in [2.24, 2.45) is 0 Å². The molecule has 0 N–H and O–H groups in total. The van der Waals surface area contributed by atoms with Crippen LogP contribution in [0.25, 0.3) is 16.9 Å². The van der Waals surface area contributed by atoms with Crippen LogP contribution in [0, 0.1) is 0 Å². The maximum Gasteiger partial charge on any atom is 0.245 e. The van der Waals surface area contributed by atoms with Crippen LogP contribution < -0.4 is 4.74 Å². The van der Waals surface area contributed by atoms with Gasteiger partial charge in [0.2, 0.25) is 5.88 Å². The number of alkyl halides is 1. The summed E-state index contributed by atoms with van der Waals surface area (Å²) < 4.78 is 7.92. The van der Waals surface area contributed by atoms with Crippen LogP contribution in [-0.2, 0) is 5.88 Å². The molecule has 0 unspecified atom stereocenters. The fraction of sp³-hybridized carbons (Fsp3) is 0.154. The average Bonchev–Trinajstić information content (AvgIpc) is 2.88. The van der Waals surface area contributed by atoms with Crippen LogP contribution in [0.2, 0.25) is 5.02 Å². The van der Waals surface area contributed by atoms with Gasteiger partial charge in [-0.3, -0.25) is 4.57 Å². The SMILES string of the molecule is COc1ncnc2c1nc(CCl)n2-c1cc(Br)ccc1Cl. The number of nitrogens with zero attached hydrogens (tertiary/aromatic N) is 4. The standard InChI is InChI=1S/C13H9BrCl2N4O/c1-21-13-11-12(17-6-18-13)20(10(5-15)19-11)9-4-7(14)2-3-8(9)16/h2-4,6H,5H2,1H3. The fourth-order valence-corrected chi connectivity index (χ4v) is 2.80. The summed E-state index contributed by atoms with van der Waals surface area (Å²) in [5.74, 6) is 1.23. The molecule has 0 saturated carbocycles. The number of hydrogen-bond acceptors (Lipinski definition) is 4. The predicted octanol–water partition coefficient (Wildman–Crippen LogP) is 3.98. The molecule has 0 spiro atoms. The summed E-state index contributed by atoms with van der Waals surface area (Å²) in [4.78, 5) is 12.8. The Kier molecular flexibility index (Phi) is 4.01. The molecule has 21 heavy (non-hydrogen) atoms. The molecule has 0 aliphatic heterocycles. The molecule has 1 aromatic carbocycles. The van der Waals surface area contributed by atoms with Crippen molar-refractivity contribution >= 4 is 50.3 Å². The van der Waals surface area contributed by atoms with Crippen molar-refractivity contribution in [2.75, 3.05) is 7.11 Å². The third-order valence-corrected chi connectivity index (χ3v) is 3.99. The number of halogens is 3. The highest BCUT2D eigenvalue weighted by molar-refractivity contribution is 9.10. The summed E-state index contributed by atoms with van der Waals surface area (Å²) in [6, 6.07) is 5.54. The van der Waals surface area contributed by atoms with Crippen LogP contribution >= 0.6 is 39.1 Å². The lowest BCUT2D eigenvalue weighted by Gasteiger charge is -2.09. The van der Waals surface area contributed by atoms with Crippen molar-refractivity contribution in [1.29, 1.82) is 0 Å². The smallest absolute Gasteiger partial charge is 0.245 e. The number of fused-ring (bicyclic) bond motifs is 1. The van der Waals surface area contributed by atoms with E-state index in [-0.39, 0.29) is 5.88 Å². The van der Waals surface area contributed by atoms with Gasteiger partial charge in [-0.15, -0.1) is 11.6 Å². The van der Waals surface area contributed by atoms with Gasteiger partial charge in [-0.05, 0) is 18.2 Å². The molecular weight excluding hydrogens is 379 g/mol. The van der Waals surface area contributed by atoms with Crippen molar-refractivity contribution in [2.45, 2.75) is 5.88 Å². The predicted molar refractivity (Wildman–Crippen MR) is 85.5 cm³/mol. The van der Waals surface area contributed by atoms with Gasteiger partial charge in [0.15, 0.2) is 11.2 Å². The Balaban J connectivity index is 2.38. The minimum absolute atomic E-state index is 0.211. The lowest BCUT2D eigenvalue weighted by molar-refractivity contribution is 0.401. The molecule has 8 heteroatoms. The van der Waals surface area contributed by atoms with Gasteiger partial charge in [0.05, 0.1) is 23.7 Å². The number of rotatable bonds is 3. The average molecular weight is 388 g/mol. The Morgan fingerprint density at radius 2 is 2.14 bits per heavy atom. The van der Waals surface area contributed by atoms with Crippen molar-refractivity contribution < 1.29 is 4.74 Å². The van der Waals surface area contributed by atoms with Crippen molar-refractivity contribution in [3.05, 3.63) is 39.8 Å². The topological polar surface area (TPSA) is 52.8 Å². The number of aromatic nitrogens is 4. The lowest BCUT2D eigenvalue weighted by atomic mass is 10.3. The van der Waals surface area contributed by atoms with E-state index < -0.39 is 0 Å². The van der Waals surface area contributed by atoms with Gasteiger partial charge < -0.3 is 4.74 Å². The van der Waals surface area contributed by atoms with Crippen molar-refractivity contribution in [1.82, 2.24) is 19.5 Å². The van der Waals surface area contributed by atoms with Gasteiger partial charge in [-0.2, -0.15) is 4.98 Å². The van der Waals surface area contributed by atoms with Crippen LogP contribution in [-0.4, -0.2) is 26.6 Å². The summed E-state index contributed by atoms with van der Waals surface area (Å²) in [6.07, 6.45) is 1.42. The van der Waals surface area contributed by atoms with E-state index in [2.05, 4.69) is 30.9 Å². The Hall–Kier alpha value is -1.37. The van der Waals surface area contributed by atoms with E-state index >= 15 is 0 Å². The van der Waals surface area contributed by atoms with E-state index in [9.17, 15) is 0 Å². The second kappa shape index (κ2) is 5.79. The first-order chi connectivity index (χ1) is 10.2. The zero-order valence-corrected chi connectivity index (χ0v) is 13.9. The number of imidazole rings is 1. The highest BCUT2D eigenvalue weighted by Gasteiger charge is 2.18. The molecule has 0 saturated heterocycles. The fourth-order valence-electron chi connectivity index (χ4n) is 2.07. The second-order valence-corrected chi connectivity index (χ2v) is 5.74. The van der Waals surface area contributed by atoms with Gasteiger partial charge in [0.1, 0.15) is 12.2 Å². The molecule has 0 fully saturated rings. The van der Waals surface area contributed by atoms with E-state index in [0.717, 1.165) is 10.2 Å². The minimum Gasteiger partial charge on any atom is -0.479 e. The molecule has 0 amide bonds. The third kappa shape index (κ3) is 2.47. The van der Waals surface area contributed by atoms with Gasteiger partial charge in [-0.25, -0.2) is 9.97 Å². The van der Waals surface area contributed by atoms with Gasteiger partial charge in [0.25, 0.3) is 0 Å². The minimum atomic E-state index is 0.211. The lowest BCUT2D eigenvalue weighted by Crippen LogP contribution is -2.01. The Morgan fingerprint density at radius 1 is 1.33 bits per heavy atom. The summed E-state index contributed by atoms with van der Waals surface area (Å²) in [7, 11) is 1.53. The quantitative estimate of drug-likeness (QED) is 0.638. The zero-order valence-electron chi connectivity index (χ0n) is 10.8. The first-order valence-electron chi connectivity index (χ1n) is 5.93. The molecule has 108 valence electrons. The Morgan fingerprint density at radius 3 is 2.86 bits per heavy atom. The molecule has 0 radical (unpaired) electrons. The summed E-state index contributed by atoms with van der Waals surface area (Å²) in [6.45, 7) is 0. The van der Waals surface area contributed by atoms with Crippen LogP contribution in [0.15, 0.2) is 29.0 Å². The highest BCUT2D eigenvalue weighted by Crippen LogP contribution is 2.31. The van der Waals surface area contributed by atoms with Crippen LogP contribution in [0.5, 0.6) is 5.88 Å². The molecule has 0 aliphatic carbocycles. The maximum absolute atomic E-state index is 6.30. The zero-order chi connectivity index (χ0) is 15.0. The van der Waals surface area contributed by atoms with Gasteiger partial charge in [-0.1, -0.05) is 27.5 Å². The Labute approximate surface area is 139 Å².